The fourth-order valence-corrected chi connectivity index (χ4v) is 2.51. The molecule has 0 amide bonds. The third-order valence-electron chi connectivity index (χ3n) is 3.59. The van der Waals surface area contributed by atoms with Crippen LogP contribution in [0.3, 0.4) is 0 Å². The van der Waals surface area contributed by atoms with Crippen molar-refractivity contribution in [1.82, 2.24) is 15.2 Å². The first-order valence-electron chi connectivity index (χ1n) is 7.19. The second kappa shape index (κ2) is 5.46. The van der Waals surface area contributed by atoms with E-state index in [9.17, 15) is 4.79 Å². The average Bonchev–Trinajstić information content (AvgIpc) is 3.10. The van der Waals surface area contributed by atoms with Gasteiger partial charge in [0, 0.05) is 23.2 Å². The summed E-state index contributed by atoms with van der Waals surface area (Å²) >= 11 is 0. The second-order valence-corrected chi connectivity index (χ2v) is 5.14. The molecule has 0 bridgehead atoms. The van der Waals surface area contributed by atoms with Crippen LogP contribution in [-0.2, 0) is 0 Å². The SMILES string of the molecule is O=c1cc(Oc2ccccc2)c2cc(-c3ccn[nH]3)ccc2[nH]1. The average molecular weight is 303 g/mol. The number of hydrogen-bond acceptors (Lipinski definition) is 3. The van der Waals surface area contributed by atoms with Crippen molar-refractivity contribution < 1.29 is 4.74 Å². The maximum atomic E-state index is 11.9. The van der Waals surface area contributed by atoms with Gasteiger partial charge in [-0.25, -0.2) is 0 Å². The van der Waals surface area contributed by atoms with Crippen molar-refractivity contribution in [3.63, 3.8) is 0 Å². The quantitative estimate of drug-likeness (QED) is 0.606. The van der Waals surface area contributed by atoms with Gasteiger partial charge in [0.2, 0.25) is 0 Å². The monoisotopic (exact) mass is 303 g/mol. The minimum absolute atomic E-state index is 0.197. The maximum absolute atomic E-state index is 11.9. The first-order valence-corrected chi connectivity index (χ1v) is 7.19. The van der Waals surface area contributed by atoms with Crippen LogP contribution in [0.5, 0.6) is 11.5 Å². The van der Waals surface area contributed by atoms with Crippen LogP contribution in [0, 0.1) is 0 Å². The molecule has 23 heavy (non-hydrogen) atoms. The highest BCUT2D eigenvalue weighted by Gasteiger charge is 2.08. The van der Waals surface area contributed by atoms with E-state index in [1.807, 2.05) is 54.6 Å². The number of H-pyrrole nitrogens is 2. The van der Waals surface area contributed by atoms with Crippen LogP contribution in [0.25, 0.3) is 22.2 Å². The van der Waals surface area contributed by atoms with Crippen LogP contribution in [-0.4, -0.2) is 15.2 Å². The van der Waals surface area contributed by atoms with Crippen molar-refractivity contribution in [3.05, 3.63) is 77.2 Å². The zero-order valence-corrected chi connectivity index (χ0v) is 12.1. The molecule has 5 nitrogen and oxygen atoms in total. The molecule has 2 aromatic carbocycles. The number of pyridine rings is 1. The summed E-state index contributed by atoms with van der Waals surface area (Å²) < 4.78 is 5.90. The molecule has 0 saturated carbocycles. The Balaban J connectivity index is 1.88. The molecule has 4 aromatic rings. The van der Waals surface area contributed by atoms with Gasteiger partial charge >= 0.3 is 0 Å². The first-order chi connectivity index (χ1) is 11.3. The molecule has 4 rings (SSSR count). The van der Waals surface area contributed by atoms with E-state index < -0.39 is 0 Å². The van der Waals surface area contributed by atoms with E-state index in [1.54, 1.807) is 6.20 Å². The van der Waals surface area contributed by atoms with E-state index in [0.717, 1.165) is 22.2 Å². The number of nitrogens with zero attached hydrogens (tertiary/aromatic N) is 1. The van der Waals surface area contributed by atoms with Gasteiger partial charge in [-0.05, 0) is 30.3 Å². The Kier molecular flexibility index (Phi) is 3.16. The van der Waals surface area contributed by atoms with Crippen LogP contribution in [0.1, 0.15) is 0 Å². The van der Waals surface area contributed by atoms with Gasteiger partial charge in [0.05, 0.1) is 11.2 Å². The lowest BCUT2D eigenvalue weighted by atomic mass is 10.1. The van der Waals surface area contributed by atoms with E-state index in [-0.39, 0.29) is 5.56 Å². The number of fused-ring (bicyclic) bond motifs is 1. The fraction of sp³-hybridized carbons (Fsp3) is 0. The van der Waals surface area contributed by atoms with Gasteiger partial charge in [0.25, 0.3) is 5.56 Å². The number of hydrogen-bond donors (Lipinski definition) is 2. The van der Waals surface area contributed by atoms with E-state index in [0.29, 0.717) is 11.5 Å². The van der Waals surface area contributed by atoms with Gasteiger partial charge in [0.15, 0.2) is 0 Å². The molecule has 0 saturated heterocycles. The summed E-state index contributed by atoms with van der Waals surface area (Å²) in [7, 11) is 0. The van der Waals surface area contributed by atoms with E-state index in [1.165, 1.54) is 6.07 Å². The molecule has 0 aliphatic rings. The number of benzene rings is 2. The van der Waals surface area contributed by atoms with Crippen LogP contribution in [0.15, 0.2) is 71.7 Å². The summed E-state index contributed by atoms with van der Waals surface area (Å²) in [6, 6.07) is 18.5. The van der Waals surface area contributed by atoms with Gasteiger partial charge in [-0.1, -0.05) is 24.3 Å². The van der Waals surface area contributed by atoms with Crippen LogP contribution < -0.4 is 10.3 Å². The first kappa shape index (κ1) is 13.3. The molecule has 2 aromatic heterocycles. The number of ether oxygens (including phenoxy) is 1. The molecule has 0 radical (unpaired) electrons. The Morgan fingerprint density at radius 3 is 2.61 bits per heavy atom. The number of rotatable bonds is 3. The van der Waals surface area contributed by atoms with Crippen molar-refractivity contribution in [2.24, 2.45) is 0 Å². The number of aromatic amines is 2. The molecule has 0 unspecified atom stereocenters. The molecular formula is C18H13N3O2. The second-order valence-electron chi connectivity index (χ2n) is 5.14. The Morgan fingerprint density at radius 2 is 1.83 bits per heavy atom. The fourth-order valence-electron chi connectivity index (χ4n) is 2.51. The summed E-state index contributed by atoms with van der Waals surface area (Å²) in [5.41, 5.74) is 2.41. The minimum atomic E-state index is -0.197. The number of aromatic nitrogens is 3. The predicted octanol–water partition coefficient (Wildman–Crippen LogP) is 3.71. The zero-order valence-electron chi connectivity index (χ0n) is 12.1. The summed E-state index contributed by atoms with van der Waals surface area (Å²) in [6.07, 6.45) is 1.70. The molecule has 0 fully saturated rings. The number of para-hydroxylation sites is 1. The highest BCUT2D eigenvalue weighted by Crippen LogP contribution is 2.30. The lowest BCUT2D eigenvalue weighted by molar-refractivity contribution is 0.487. The zero-order chi connectivity index (χ0) is 15.6. The van der Waals surface area contributed by atoms with Crippen molar-refractivity contribution >= 4 is 10.9 Å². The largest absolute Gasteiger partial charge is 0.456 e. The Morgan fingerprint density at radius 1 is 0.957 bits per heavy atom. The molecule has 0 atom stereocenters. The number of nitrogens with one attached hydrogen (secondary N) is 2. The normalized spacial score (nSPS) is 10.8. The van der Waals surface area contributed by atoms with Gasteiger partial charge in [-0.3, -0.25) is 9.89 Å². The molecule has 0 aliphatic carbocycles. The van der Waals surface area contributed by atoms with Crippen LogP contribution >= 0.6 is 0 Å². The van der Waals surface area contributed by atoms with E-state index >= 15 is 0 Å². The van der Waals surface area contributed by atoms with Crippen molar-refractivity contribution in [1.29, 1.82) is 0 Å². The highest BCUT2D eigenvalue weighted by atomic mass is 16.5. The van der Waals surface area contributed by atoms with Gasteiger partial charge in [-0.2, -0.15) is 5.10 Å². The van der Waals surface area contributed by atoms with E-state index in [4.69, 9.17) is 4.74 Å². The third-order valence-corrected chi connectivity index (χ3v) is 3.59. The van der Waals surface area contributed by atoms with Crippen LogP contribution in [0.4, 0.5) is 0 Å². The van der Waals surface area contributed by atoms with Gasteiger partial charge in [-0.15, -0.1) is 0 Å². The summed E-state index contributed by atoms with van der Waals surface area (Å²) in [5.74, 6) is 1.21. The molecule has 112 valence electrons. The summed E-state index contributed by atoms with van der Waals surface area (Å²) in [4.78, 5) is 14.7. The lowest BCUT2D eigenvalue weighted by Gasteiger charge is -2.09. The molecule has 0 spiro atoms. The molecule has 2 N–H and O–H groups in total. The van der Waals surface area contributed by atoms with E-state index in [2.05, 4.69) is 15.2 Å². The third kappa shape index (κ3) is 2.60. The Bertz CT molecular complexity index is 1010. The standard InChI is InChI=1S/C18H13N3O2/c22-18-11-17(23-13-4-2-1-3-5-13)14-10-12(6-7-16(14)20-18)15-8-9-19-21-15/h1-11H,(H,19,21)(H,20,22). The topological polar surface area (TPSA) is 70.8 Å². The van der Waals surface area contributed by atoms with Crippen molar-refractivity contribution in [2.45, 2.75) is 0 Å². The smallest absolute Gasteiger partial charge is 0.252 e. The molecule has 2 heterocycles. The summed E-state index contributed by atoms with van der Waals surface area (Å²) in [5, 5.41) is 7.74. The van der Waals surface area contributed by atoms with Crippen molar-refractivity contribution in [2.75, 3.05) is 0 Å². The Labute approximate surface area is 131 Å². The lowest BCUT2D eigenvalue weighted by Crippen LogP contribution is -2.04. The predicted molar refractivity (Wildman–Crippen MR) is 88.7 cm³/mol. The summed E-state index contributed by atoms with van der Waals surface area (Å²) in [6.45, 7) is 0. The highest BCUT2D eigenvalue weighted by molar-refractivity contribution is 5.89. The van der Waals surface area contributed by atoms with Gasteiger partial charge < -0.3 is 9.72 Å². The van der Waals surface area contributed by atoms with Crippen molar-refractivity contribution in [3.8, 4) is 22.8 Å². The van der Waals surface area contributed by atoms with Gasteiger partial charge in [0.1, 0.15) is 11.5 Å². The Hall–Kier alpha value is -3.34. The molecule has 0 aliphatic heterocycles. The van der Waals surface area contributed by atoms with Crippen LogP contribution in [0.2, 0.25) is 0 Å². The minimum Gasteiger partial charge on any atom is -0.456 e. The molecule has 5 heteroatoms. The maximum Gasteiger partial charge on any atom is 0.252 e. The molecular weight excluding hydrogens is 290 g/mol.